The van der Waals surface area contributed by atoms with Crippen LogP contribution in [0.1, 0.15) is 18.1 Å². The summed E-state index contributed by atoms with van der Waals surface area (Å²) in [5, 5.41) is 9.18. The zero-order valence-electron chi connectivity index (χ0n) is 10.6. The van der Waals surface area contributed by atoms with Crippen molar-refractivity contribution in [2.24, 2.45) is 0 Å². The molecular weight excluding hydrogens is 210 g/mol. The van der Waals surface area contributed by atoms with Crippen molar-refractivity contribution in [3.8, 4) is 6.07 Å². The van der Waals surface area contributed by atoms with Gasteiger partial charge in [0.15, 0.2) is 0 Å². The summed E-state index contributed by atoms with van der Waals surface area (Å²) in [4.78, 5) is 4.76. The van der Waals surface area contributed by atoms with Crippen LogP contribution in [0.3, 0.4) is 0 Å². The number of anilines is 1. The lowest BCUT2D eigenvalue weighted by Gasteiger charge is -2.35. The van der Waals surface area contributed by atoms with Crippen LogP contribution in [-0.4, -0.2) is 37.6 Å². The molecule has 0 aliphatic carbocycles. The number of hydrogen-bond donors (Lipinski definition) is 0. The number of nitrogens with zero attached hydrogens (tertiary/aromatic N) is 3. The molecule has 0 aromatic heterocycles. The van der Waals surface area contributed by atoms with E-state index >= 15 is 0 Å². The number of likely N-dealkylation sites (N-methyl/N-ethyl adjacent to an activating group) is 1. The number of benzene rings is 1. The molecule has 2 rings (SSSR count). The van der Waals surface area contributed by atoms with E-state index < -0.39 is 0 Å². The van der Waals surface area contributed by atoms with Gasteiger partial charge in [0, 0.05) is 26.2 Å². The van der Waals surface area contributed by atoms with Crippen molar-refractivity contribution in [2.75, 3.05) is 37.6 Å². The Balaban J connectivity index is 2.16. The summed E-state index contributed by atoms with van der Waals surface area (Å²) in [7, 11) is 0. The van der Waals surface area contributed by atoms with Gasteiger partial charge in [-0.25, -0.2) is 0 Å². The summed E-state index contributed by atoms with van der Waals surface area (Å²) in [6, 6.07) is 8.44. The molecule has 0 bridgehead atoms. The lowest BCUT2D eigenvalue weighted by Crippen LogP contribution is -2.46. The van der Waals surface area contributed by atoms with Crippen molar-refractivity contribution < 1.29 is 0 Å². The molecule has 0 amide bonds. The SMILES string of the molecule is CCN1CCN(c2ccc(C)cc2C#N)CC1. The minimum atomic E-state index is 0.801. The summed E-state index contributed by atoms with van der Waals surface area (Å²) in [6.45, 7) is 9.57. The van der Waals surface area contributed by atoms with Gasteiger partial charge in [0.2, 0.25) is 0 Å². The Morgan fingerprint density at radius 1 is 1.24 bits per heavy atom. The van der Waals surface area contributed by atoms with E-state index in [4.69, 9.17) is 0 Å². The highest BCUT2D eigenvalue weighted by Crippen LogP contribution is 2.22. The minimum Gasteiger partial charge on any atom is -0.368 e. The van der Waals surface area contributed by atoms with Crippen LogP contribution in [0.5, 0.6) is 0 Å². The van der Waals surface area contributed by atoms with Gasteiger partial charge in [-0.3, -0.25) is 0 Å². The number of aryl methyl sites for hydroxylation is 1. The molecule has 1 aromatic rings. The second-order valence-corrected chi connectivity index (χ2v) is 4.55. The highest BCUT2D eigenvalue weighted by Gasteiger charge is 2.17. The maximum absolute atomic E-state index is 9.18. The fourth-order valence-corrected chi connectivity index (χ4v) is 2.32. The third-order valence-electron chi connectivity index (χ3n) is 3.43. The lowest BCUT2D eigenvalue weighted by atomic mass is 10.1. The van der Waals surface area contributed by atoms with E-state index in [1.165, 1.54) is 0 Å². The van der Waals surface area contributed by atoms with E-state index in [-0.39, 0.29) is 0 Å². The van der Waals surface area contributed by atoms with Gasteiger partial charge >= 0.3 is 0 Å². The van der Waals surface area contributed by atoms with Crippen molar-refractivity contribution in [2.45, 2.75) is 13.8 Å². The average Bonchev–Trinajstić information content (AvgIpc) is 2.39. The number of piperazine rings is 1. The van der Waals surface area contributed by atoms with Gasteiger partial charge in [-0.15, -0.1) is 0 Å². The average molecular weight is 229 g/mol. The van der Waals surface area contributed by atoms with Gasteiger partial charge in [-0.2, -0.15) is 5.26 Å². The van der Waals surface area contributed by atoms with Gasteiger partial charge in [0.05, 0.1) is 11.3 Å². The van der Waals surface area contributed by atoms with Crippen molar-refractivity contribution in [1.29, 1.82) is 5.26 Å². The zero-order chi connectivity index (χ0) is 12.3. The van der Waals surface area contributed by atoms with E-state index in [0.717, 1.165) is 49.5 Å². The van der Waals surface area contributed by atoms with Crippen LogP contribution in [0.25, 0.3) is 0 Å². The number of rotatable bonds is 2. The molecule has 0 radical (unpaired) electrons. The molecule has 0 unspecified atom stereocenters. The molecule has 1 aliphatic rings. The van der Waals surface area contributed by atoms with Crippen LogP contribution < -0.4 is 4.90 Å². The van der Waals surface area contributed by atoms with Gasteiger partial charge in [-0.1, -0.05) is 13.0 Å². The van der Waals surface area contributed by atoms with Crippen LogP contribution in [0.4, 0.5) is 5.69 Å². The van der Waals surface area contributed by atoms with Gasteiger partial charge in [-0.05, 0) is 31.2 Å². The van der Waals surface area contributed by atoms with Crippen LogP contribution in [0.15, 0.2) is 18.2 Å². The van der Waals surface area contributed by atoms with Crippen molar-refractivity contribution >= 4 is 5.69 Å². The molecule has 0 saturated carbocycles. The third kappa shape index (κ3) is 2.59. The normalized spacial score (nSPS) is 16.9. The van der Waals surface area contributed by atoms with Gasteiger partial charge in [0.25, 0.3) is 0 Å². The summed E-state index contributed by atoms with van der Waals surface area (Å²) >= 11 is 0. The van der Waals surface area contributed by atoms with E-state index in [0.29, 0.717) is 0 Å². The maximum atomic E-state index is 9.18. The Kier molecular flexibility index (Phi) is 3.65. The quantitative estimate of drug-likeness (QED) is 0.777. The van der Waals surface area contributed by atoms with Gasteiger partial charge < -0.3 is 9.80 Å². The predicted octanol–water partition coefficient (Wildman–Crippen LogP) is 2.01. The van der Waals surface area contributed by atoms with E-state index in [1.807, 2.05) is 13.0 Å². The largest absolute Gasteiger partial charge is 0.368 e. The first-order valence-corrected chi connectivity index (χ1v) is 6.22. The molecular formula is C14H19N3. The van der Waals surface area contributed by atoms with Crippen molar-refractivity contribution in [1.82, 2.24) is 4.90 Å². The molecule has 90 valence electrons. The molecule has 17 heavy (non-hydrogen) atoms. The first-order chi connectivity index (χ1) is 8.24. The maximum Gasteiger partial charge on any atom is 0.101 e. The fourth-order valence-electron chi connectivity index (χ4n) is 2.32. The molecule has 1 aromatic carbocycles. The van der Waals surface area contributed by atoms with Crippen LogP contribution >= 0.6 is 0 Å². The molecule has 1 heterocycles. The monoisotopic (exact) mass is 229 g/mol. The topological polar surface area (TPSA) is 30.3 Å². The minimum absolute atomic E-state index is 0.801. The first-order valence-electron chi connectivity index (χ1n) is 6.22. The summed E-state index contributed by atoms with van der Waals surface area (Å²) in [5.41, 5.74) is 3.04. The van der Waals surface area contributed by atoms with Gasteiger partial charge in [0.1, 0.15) is 6.07 Å². The first kappa shape index (κ1) is 11.9. The Morgan fingerprint density at radius 2 is 1.94 bits per heavy atom. The standard InChI is InChI=1S/C14H19N3/c1-3-16-6-8-17(9-7-16)14-5-4-12(2)10-13(14)11-15/h4-5,10H,3,6-9H2,1-2H3. The predicted molar refractivity (Wildman–Crippen MR) is 70.2 cm³/mol. The lowest BCUT2D eigenvalue weighted by molar-refractivity contribution is 0.271. The second kappa shape index (κ2) is 5.20. The highest BCUT2D eigenvalue weighted by molar-refractivity contribution is 5.60. The molecule has 1 fully saturated rings. The molecule has 1 saturated heterocycles. The van der Waals surface area contributed by atoms with Crippen molar-refractivity contribution in [3.05, 3.63) is 29.3 Å². The number of nitriles is 1. The van der Waals surface area contributed by atoms with E-state index in [9.17, 15) is 5.26 Å². The molecule has 1 aliphatic heterocycles. The highest BCUT2D eigenvalue weighted by atomic mass is 15.3. The van der Waals surface area contributed by atoms with E-state index in [1.54, 1.807) is 0 Å². The van der Waals surface area contributed by atoms with Crippen molar-refractivity contribution in [3.63, 3.8) is 0 Å². The molecule has 3 heteroatoms. The fraction of sp³-hybridized carbons (Fsp3) is 0.500. The van der Waals surface area contributed by atoms with E-state index in [2.05, 4.69) is 34.9 Å². The second-order valence-electron chi connectivity index (χ2n) is 4.55. The zero-order valence-corrected chi connectivity index (χ0v) is 10.6. The Hall–Kier alpha value is -1.53. The molecule has 0 atom stereocenters. The summed E-state index contributed by atoms with van der Waals surface area (Å²) in [6.07, 6.45) is 0. The third-order valence-corrected chi connectivity index (χ3v) is 3.43. The van der Waals surface area contributed by atoms with Crippen LogP contribution in [0.2, 0.25) is 0 Å². The number of hydrogen-bond acceptors (Lipinski definition) is 3. The Morgan fingerprint density at radius 3 is 2.53 bits per heavy atom. The van der Waals surface area contributed by atoms with Crippen LogP contribution in [-0.2, 0) is 0 Å². The summed E-state index contributed by atoms with van der Waals surface area (Å²) in [5.74, 6) is 0. The van der Waals surface area contributed by atoms with Crippen LogP contribution in [0, 0.1) is 18.3 Å². The smallest absolute Gasteiger partial charge is 0.101 e. The molecule has 3 nitrogen and oxygen atoms in total. The Bertz CT molecular complexity index is 426. The Labute approximate surface area is 103 Å². The summed E-state index contributed by atoms with van der Waals surface area (Å²) < 4.78 is 0. The molecule has 0 spiro atoms. The molecule has 0 N–H and O–H groups in total.